The number of aromatic nitrogens is 2. The number of nitrogens with zero attached hydrogens (tertiary/aromatic N) is 4. The Morgan fingerprint density at radius 1 is 1.38 bits per heavy atom. The van der Waals surface area contributed by atoms with E-state index in [4.69, 9.17) is 0 Å². The number of aliphatic hydroxyl groups excluding tert-OH is 1. The maximum atomic E-state index is 12.7. The molecule has 1 aliphatic rings. The molecule has 0 spiro atoms. The summed E-state index contributed by atoms with van der Waals surface area (Å²) in [4.78, 5) is 14.2. The van der Waals surface area contributed by atoms with E-state index in [1.165, 1.54) is 21.3 Å². The van der Waals surface area contributed by atoms with Crippen molar-refractivity contribution in [1.82, 2.24) is 19.0 Å². The summed E-state index contributed by atoms with van der Waals surface area (Å²) >= 11 is 0. The van der Waals surface area contributed by atoms with Gasteiger partial charge < -0.3 is 10.0 Å². The Bertz CT molecular complexity index is 867. The van der Waals surface area contributed by atoms with Crippen LogP contribution < -0.4 is 0 Å². The second-order valence-electron chi connectivity index (χ2n) is 6.33. The van der Waals surface area contributed by atoms with Crippen LogP contribution >= 0.6 is 0 Å². The van der Waals surface area contributed by atoms with E-state index >= 15 is 0 Å². The van der Waals surface area contributed by atoms with Crippen LogP contribution in [0.5, 0.6) is 0 Å². The largest absolute Gasteiger partial charge is 0.392 e. The highest BCUT2D eigenvalue weighted by Crippen LogP contribution is 2.22. The molecule has 1 aromatic carbocycles. The fourth-order valence-corrected chi connectivity index (χ4v) is 4.41. The van der Waals surface area contributed by atoms with Crippen LogP contribution in [0.1, 0.15) is 16.8 Å². The lowest BCUT2D eigenvalue weighted by Gasteiger charge is -2.19. The summed E-state index contributed by atoms with van der Waals surface area (Å²) in [6.07, 6.45) is 3.28. The zero-order valence-corrected chi connectivity index (χ0v) is 15.3. The number of sulfonamides is 1. The molecule has 0 radical (unpaired) electrons. The molecule has 26 heavy (non-hydrogen) atoms. The van der Waals surface area contributed by atoms with Gasteiger partial charge in [0.2, 0.25) is 10.0 Å². The van der Waals surface area contributed by atoms with E-state index in [-0.39, 0.29) is 23.9 Å². The van der Waals surface area contributed by atoms with Crippen molar-refractivity contribution in [2.45, 2.75) is 24.0 Å². The smallest absolute Gasteiger partial charge is 0.253 e. The van der Waals surface area contributed by atoms with Crippen molar-refractivity contribution in [2.75, 3.05) is 26.7 Å². The second-order valence-corrected chi connectivity index (χ2v) is 8.27. The SMILES string of the molecule is CN(CCn1cccn1)C(=O)c1cccc(S(=O)(=O)N2CC[C@@H](O)C2)c1. The monoisotopic (exact) mass is 378 g/mol. The van der Waals surface area contributed by atoms with Crippen LogP contribution in [0.25, 0.3) is 0 Å². The molecule has 1 saturated heterocycles. The van der Waals surface area contributed by atoms with E-state index in [9.17, 15) is 18.3 Å². The first kappa shape index (κ1) is 18.6. The third kappa shape index (κ3) is 3.95. The average Bonchev–Trinajstić information content (AvgIpc) is 3.31. The lowest BCUT2D eigenvalue weighted by Crippen LogP contribution is -2.31. The Kier molecular flexibility index (Phi) is 5.40. The predicted molar refractivity (Wildman–Crippen MR) is 95.0 cm³/mol. The zero-order valence-electron chi connectivity index (χ0n) is 14.5. The molecular weight excluding hydrogens is 356 g/mol. The van der Waals surface area contributed by atoms with Crippen molar-refractivity contribution in [1.29, 1.82) is 0 Å². The van der Waals surface area contributed by atoms with Crippen LogP contribution in [0.2, 0.25) is 0 Å². The summed E-state index contributed by atoms with van der Waals surface area (Å²) in [5.41, 5.74) is 0.314. The molecule has 1 fully saturated rings. The minimum absolute atomic E-state index is 0.0675. The summed E-state index contributed by atoms with van der Waals surface area (Å²) in [7, 11) is -2.04. The third-order valence-electron chi connectivity index (χ3n) is 4.42. The molecule has 1 N–H and O–H groups in total. The van der Waals surface area contributed by atoms with E-state index in [0.29, 0.717) is 25.1 Å². The topological polar surface area (TPSA) is 95.7 Å². The number of carbonyl (C=O) groups excluding carboxylic acids is 1. The summed E-state index contributed by atoms with van der Waals surface area (Å²) in [6.45, 7) is 1.38. The van der Waals surface area contributed by atoms with Crippen molar-refractivity contribution >= 4 is 15.9 Å². The molecule has 1 amide bonds. The van der Waals surface area contributed by atoms with Gasteiger partial charge in [-0.1, -0.05) is 6.07 Å². The van der Waals surface area contributed by atoms with Gasteiger partial charge in [0, 0.05) is 44.6 Å². The van der Waals surface area contributed by atoms with Crippen LogP contribution in [-0.4, -0.2) is 71.2 Å². The molecule has 2 aromatic rings. The number of likely N-dealkylation sites (N-methyl/N-ethyl adjacent to an activating group) is 1. The van der Waals surface area contributed by atoms with E-state index in [0.717, 1.165) is 0 Å². The Morgan fingerprint density at radius 3 is 2.85 bits per heavy atom. The first-order valence-corrected chi connectivity index (χ1v) is 9.83. The summed E-state index contributed by atoms with van der Waals surface area (Å²) < 4.78 is 28.3. The van der Waals surface area contributed by atoms with Crippen molar-refractivity contribution in [3.63, 3.8) is 0 Å². The number of amides is 1. The Morgan fingerprint density at radius 2 is 2.19 bits per heavy atom. The molecule has 140 valence electrons. The zero-order chi connectivity index (χ0) is 18.7. The minimum Gasteiger partial charge on any atom is -0.392 e. The molecule has 8 nitrogen and oxygen atoms in total. The van der Waals surface area contributed by atoms with Gasteiger partial charge in [-0.2, -0.15) is 9.40 Å². The van der Waals surface area contributed by atoms with Gasteiger partial charge in [-0.05, 0) is 30.7 Å². The van der Waals surface area contributed by atoms with Crippen LogP contribution in [0, 0.1) is 0 Å². The van der Waals surface area contributed by atoms with Gasteiger partial charge in [-0.3, -0.25) is 9.48 Å². The fraction of sp³-hybridized carbons (Fsp3) is 0.412. The quantitative estimate of drug-likeness (QED) is 0.786. The Labute approximate surface area is 152 Å². The van der Waals surface area contributed by atoms with Gasteiger partial charge in [0.1, 0.15) is 0 Å². The van der Waals surface area contributed by atoms with Gasteiger partial charge in [0.25, 0.3) is 5.91 Å². The predicted octanol–water partition coefficient (Wildman–Crippen LogP) is 0.411. The Hall–Kier alpha value is -2.23. The number of benzene rings is 1. The van der Waals surface area contributed by atoms with Gasteiger partial charge in [0.05, 0.1) is 17.5 Å². The Balaban J connectivity index is 1.72. The normalized spacial score (nSPS) is 18.2. The number of carbonyl (C=O) groups is 1. The fourth-order valence-electron chi connectivity index (χ4n) is 2.87. The highest BCUT2D eigenvalue weighted by molar-refractivity contribution is 7.89. The molecule has 9 heteroatoms. The van der Waals surface area contributed by atoms with Crippen LogP contribution in [0.3, 0.4) is 0 Å². The first-order valence-electron chi connectivity index (χ1n) is 8.39. The number of β-amino-alcohol motifs (C(OH)–C–C–N with tert-alkyl or cyclic N) is 1. The molecular formula is C17H22N4O4S. The van der Waals surface area contributed by atoms with Crippen LogP contribution in [-0.2, 0) is 16.6 Å². The van der Waals surface area contributed by atoms with Gasteiger partial charge in [-0.25, -0.2) is 8.42 Å². The lowest BCUT2D eigenvalue weighted by molar-refractivity contribution is 0.0788. The van der Waals surface area contributed by atoms with Crippen molar-refractivity contribution in [2.24, 2.45) is 0 Å². The summed E-state index contributed by atoms with van der Waals surface area (Å²) in [5, 5.41) is 13.7. The van der Waals surface area contributed by atoms with E-state index < -0.39 is 16.1 Å². The number of aliphatic hydroxyl groups is 1. The van der Waals surface area contributed by atoms with Crippen LogP contribution in [0.15, 0.2) is 47.6 Å². The third-order valence-corrected chi connectivity index (χ3v) is 6.28. The maximum Gasteiger partial charge on any atom is 0.253 e. The number of hydrogen-bond donors (Lipinski definition) is 1. The minimum atomic E-state index is -3.71. The molecule has 1 atom stereocenters. The van der Waals surface area contributed by atoms with Crippen molar-refractivity contribution < 1.29 is 18.3 Å². The first-order chi connectivity index (χ1) is 12.4. The number of rotatable bonds is 6. The van der Waals surface area contributed by atoms with Crippen LogP contribution in [0.4, 0.5) is 0 Å². The molecule has 1 aromatic heterocycles. The molecule has 1 aliphatic heterocycles. The maximum absolute atomic E-state index is 12.7. The standard InChI is InChI=1S/C17H22N4O4S/c1-19(10-11-20-8-3-7-18-20)17(23)14-4-2-5-16(12-14)26(24,25)21-9-6-15(22)13-21/h2-5,7-8,12,15,22H,6,9-11,13H2,1H3/t15-/m1/s1. The van der Waals surface area contributed by atoms with Gasteiger partial charge in [0.15, 0.2) is 0 Å². The highest BCUT2D eigenvalue weighted by atomic mass is 32.2. The van der Waals surface area contributed by atoms with Gasteiger partial charge >= 0.3 is 0 Å². The van der Waals surface area contributed by atoms with E-state index in [2.05, 4.69) is 5.10 Å². The molecule has 0 unspecified atom stereocenters. The lowest BCUT2D eigenvalue weighted by atomic mass is 10.2. The van der Waals surface area contributed by atoms with E-state index in [1.807, 2.05) is 12.3 Å². The van der Waals surface area contributed by atoms with E-state index in [1.54, 1.807) is 30.1 Å². The van der Waals surface area contributed by atoms with Gasteiger partial charge in [-0.15, -0.1) is 0 Å². The average molecular weight is 378 g/mol. The molecule has 0 bridgehead atoms. The van der Waals surface area contributed by atoms with Crippen molar-refractivity contribution in [3.05, 3.63) is 48.3 Å². The molecule has 2 heterocycles. The second kappa shape index (κ2) is 7.56. The number of hydrogen-bond acceptors (Lipinski definition) is 5. The molecule has 0 saturated carbocycles. The summed E-state index contributed by atoms with van der Waals surface area (Å²) in [6, 6.07) is 7.84. The summed E-state index contributed by atoms with van der Waals surface area (Å²) in [5.74, 6) is -0.254. The highest BCUT2D eigenvalue weighted by Gasteiger charge is 2.32. The molecule has 3 rings (SSSR count). The van der Waals surface area contributed by atoms with Crippen molar-refractivity contribution in [3.8, 4) is 0 Å². The molecule has 0 aliphatic carbocycles.